The number of nitrogens with one attached hydrogen (secondary N) is 4. The lowest BCUT2D eigenvalue weighted by Crippen LogP contribution is -2.12. The van der Waals surface area contributed by atoms with Crippen molar-refractivity contribution >= 4 is 56.3 Å². The predicted molar refractivity (Wildman–Crippen MR) is 143 cm³/mol. The van der Waals surface area contributed by atoms with Crippen LogP contribution in [0.3, 0.4) is 0 Å². The molecule has 3 heterocycles. The summed E-state index contributed by atoms with van der Waals surface area (Å²) in [7, 11) is 1.85. The maximum Gasteiger partial charge on any atom is 0.272 e. The van der Waals surface area contributed by atoms with E-state index in [0.717, 1.165) is 43.6 Å². The molecule has 10 heteroatoms. The topological polar surface area (TPSA) is 134 Å². The number of benzene rings is 2. The van der Waals surface area contributed by atoms with Gasteiger partial charge >= 0.3 is 0 Å². The minimum Gasteiger partial charge on any atom is -0.398 e. The number of carbonyl (C=O) groups is 1. The Morgan fingerprint density at radius 3 is 2.63 bits per heavy atom. The second-order valence-electron chi connectivity index (χ2n) is 8.08. The van der Waals surface area contributed by atoms with Gasteiger partial charge in [0.15, 0.2) is 5.13 Å². The molecule has 0 spiro atoms. The molecule has 2 aromatic carbocycles. The number of nitrogens with zero attached hydrogens (tertiary/aromatic N) is 3. The summed E-state index contributed by atoms with van der Waals surface area (Å²) in [5, 5.41) is 10.9. The van der Waals surface area contributed by atoms with Crippen LogP contribution in [-0.2, 0) is 0 Å². The number of H-pyrrole nitrogens is 1. The fourth-order valence-corrected chi connectivity index (χ4v) is 4.55. The molecule has 0 unspecified atom stereocenters. The third-order valence-electron chi connectivity index (χ3n) is 5.56. The average molecular weight is 485 g/mol. The van der Waals surface area contributed by atoms with Crippen LogP contribution in [0.15, 0.2) is 54.7 Å². The number of rotatable bonds is 6. The van der Waals surface area contributed by atoms with Gasteiger partial charge in [0.1, 0.15) is 5.69 Å². The van der Waals surface area contributed by atoms with Gasteiger partial charge in [0.2, 0.25) is 5.95 Å². The minimum atomic E-state index is -0.240. The Morgan fingerprint density at radius 1 is 1.03 bits per heavy atom. The molecule has 0 atom stereocenters. The Kier molecular flexibility index (Phi) is 5.79. The number of hydrogen-bond donors (Lipinski definition) is 5. The number of thiazole rings is 1. The maximum atomic E-state index is 12.8. The molecule has 0 aliphatic rings. The number of aromatic amines is 1. The van der Waals surface area contributed by atoms with Crippen molar-refractivity contribution in [2.45, 2.75) is 13.8 Å². The first kappa shape index (κ1) is 22.4. The second kappa shape index (κ2) is 9.07. The Bertz CT molecular complexity index is 1550. The van der Waals surface area contributed by atoms with Crippen molar-refractivity contribution in [1.82, 2.24) is 19.9 Å². The maximum absolute atomic E-state index is 12.8. The van der Waals surface area contributed by atoms with Crippen LogP contribution in [-0.4, -0.2) is 32.9 Å². The summed E-state index contributed by atoms with van der Waals surface area (Å²) >= 11 is 1.55. The summed E-state index contributed by atoms with van der Waals surface area (Å²) in [5.41, 5.74) is 12.0. The van der Waals surface area contributed by atoms with Crippen LogP contribution >= 0.6 is 11.3 Å². The molecule has 35 heavy (non-hydrogen) atoms. The molecule has 0 bridgehead atoms. The van der Waals surface area contributed by atoms with Gasteiger partial charge in [-0.1, -0.05) is 17.4 Å². The molecule has 0 aliphatic heterocycles. The molecular formula is C25H24N8OS. The van der Waals surface area contributed by atoms with E-state index in [1.165, 1.54) is 0 Å². The number of carbonyl (C=O) groups excluding carboxylic acids is 1. The van der Waals surface area contributed by atoms with Gasteiger partial charge in [-0.3, -0.25) is 4.79 Å². The van der Waals surface area contributed by atoms with E-state index in [9.17, 15) is 4.79 Å². The standard InChI is InChI=1S/C25H24N8OS/c1-13-4-5-17(12-18(13)26)30-23(34)21-11-15-10-16(6-7-19(15)32-21)31-24-28-9-8-20(33-24)22-14(2)29-25(27-3)35-22/h4-12,32H,26H2,1-3H3,(H,27,29)(H,30,34)(H,28,31,33). The average Bonchev–Trinajstić information content (AvgIpc) is 3.44. The van der Waals surface area contributed by atoms with E-state index in [2.05, 4.69) is 35.9 Å². The first-order chi connectivity index (χ1) is 16.9. The first-order valence-electron chi connectivity index (χ1n) is 11.0. The summed E-state index contributed by atoms with van der Waals surface area (Å²) in [6.45, 7) is 3.88. The number of fused-ring (bicyclic) bond motifs is 1. The Hall–Kier alpha value is -4.44. The van der Waals surface area contributed by atoms with Crippen LogP contribution in [0.5, 0.6) is 0 Å². The zero-order chi connectivity index (χ0) is 24.5. The fourth-order valence-electron chi connectivity index (χ4n) is 3.66. The lowest BCUT2D eigenvalue weighted by molar-refractivity contribution is 0.102. The fraction of sp³-hybridized carbons (Fsp3) is 0.120. The highest BCUT2D eigenvalue weighted by atomic mass is 32.1. The zero-order valence-corrected chi connectivity index (χ0v) is 20.2. The summed E-state index contributed by atoms with van der Waals surface area (Å²) in [4.78, 5) is 30.4. The highest BCUT2D eigenvalue weighted by molar-refractivity contribution is 7.19. The van der Waals surface area contributed by atoms with Gasteiger partial charge in [-0.25, -0.2) is 15.0 Å². The van der Waals surface area contributed by atoms with E-state index >= 15 is 0 Å². The van der Waals surface area contributed by atoms with Crippen LogP contribution in [0, 0.1) is 13.8 Å². The minimum absolute atomic E-state index is 0.240. The summed E-state index contributed by atoms with van der Waals surface area (Å²) < 4.78 is 0. The van der Waals surface area contributed by atoms with Crippen LogP contribution in [0.2, 0.25) is 0 Å². The third-order valence-corrected chi connectivity index (χ3v) is 6.75. The van der Waals surface area contributed by atoms with Crippen molar-refractivity contribution in [3.63, 3.8) is 0 Å². The van der Waals surface area contributed by atoms with Crippen LogP contribution in [0.1, 0.15) is 21.7 Å². The zero-order valence-electron chi connectivity index (χ0n) is 19.4. The van der Waals surface area contributed by atoms with E-state index in [0.29, 0.717) is 23.0 Å². The Labute approximate surface area is 205 Å². The molecule has 5 rings (SSSR count). The molecule has 6 N–H and O–H groups in total. The molecule has 9 nitrogen and oxygen atoms in total. The van der Waals surface area contributed by atoms with Crippen molar-refractivity contribution in [3.05, 3.63) is 71.7 Å². The van der Waals surface area contributed by atoms with Crippen molar-refractivity contribution < 1.29 is 4.79 Å². The lowest BCUT2D eigenvalue weighted by atomic mass is 10.2. The number of hydrogen-bond acceptors (Lipinski definition) is 8. The molecule has 0 radical (unpaired) electrons. The number of aryl methyl sites for hydroxylation is 2. The van der Waals surface area contributed by atoms with Gasteiger partial charge in [0, 0.05) is 41.2 Å². The van der Waals surface area contributed by atoms with Crippen molar-refractivity contribution in [1.29, 1.82) is 0 Å². The number of aromatic nitrogens is 4. The van der Waals surface area contributed by atoms with E-state index in [1.807, 2.05) is 63.4 Å². The molecule has 0 aliphatic carbocycles. The smallest absolute Gasteiger partial charge is 0.272 e. The summed E-state index contributed by atoms with van der Waals surface area (Å²) in [6.07, 6.45) is 1.72. The Morgan fingerprint density at radius 2 is 1.86 bits per heavy atom. The molecule has 0 saturated carbocycles. The largest absolute Gasteiger partial charge is 0.398 e. The quantitative estimate of drug-likeness (QED) is 0.206. The number of nitrogens with two attached hydrogens (primary N) is 1. The van der Waals surface area contributed by atoms with E-state index < -0.39 is 0 Å². The third kappa shape index (κ3) is 4.64. The molecular weight excluding hydrogens is 460 g/mol. The SMILES string of the molecule is CNc1nc(C)c(-c2ccnc(Nc3ccc4[nH]c(C(=O)Nc5ccc(C)c(N)c5)cc4c3)n2)s1. The van der Waals surface area contributed by atoms with Crippen LogP contribution in [0.25, 0.3) is 21.5 Å². The molecule has 5 aromatic rings. The van der Waals surface area contributed by atoms with Gasteiger partial charge in [0.25, 0.3) is 5.91 Å². The molecule has 176 valence electrons. The Balaban J connectivity index is 1.35. The van der Waals surface area contributed by atoms with Crippen molar-refractivity contribution in [3.8, 4) is 10.6 Å². The number of anilines is 5. The van der Waals surface area contributed by atoms with Crippen molar-refractivity contribution in [2.24, 2.45) is 0 Å². The van der Waals surface area contributed by atoms with Gasteiger partial charge in [-0.2, -0.15) is 0 Å². The monoisotopic (exact) mass is 484 g/mol. The highest BCUT2D eigenvalue weighted by Crippen LogP contribution is 2.32. The summed E-state index contributed by atoms with van der Waals surface area (Å²) in [6, 6.07) is 14.9. The molecule has 0 fully saturated rings. The second-order valence-corrected chi connectivity index (χ2v) is 9.08. The number of amides is 1. The van der Waals surface area contributed by atoms with E-state index in [4.69, 9.17) is 5.73 Å². The number of nitrogen functional groups attached to an aromatic ring is 1. The van der Waals surface area contributed by atoms with Gasteiger partial charge in [-0.15, -0.1) is 0 Å². The van der Waals surface area contributed by atoms with E-state index in [1.54, 1.807) is 23.6 Å². The van der Waals surface area contributed by atoms with Crippen LogP contribution in [0.4, 0.5) is 28.1 Å². The van der Waals surface area contributed by atoms with Gasteiger partial charge in [0.05, 0.1) is 16.3 Å². The lowest BCUT2D eigenvalue weighted by Gasteiger charge is -2.06. The van der Waals surface area contributed by atoms with Crippen LogP contribution < -0.4 is 21.7 Å². The molecule has 1 amide bonds. The first-order valence-corrected chi connectivity index (χ1v) is 11.8. The highest BCUT2D eigenvalue weighted by Gasteiger charge is 2.13. The normalized spacial score (nSPS) is 10.9. The molecule has 0 saturated heterocycles. The van der Waals surface area contributed by atoms with Gasteiger partial charge < -0.3 is 26.7 Å². The van der Waals surface area contributed by atoms with Gasteiger partial charge in [-0.05, 0) is 61.9 Å². The van der Waals surface area contributed by atoms with Crippen molar-refractivity contribution in [2.75, 3.05) is 28.7 Å². The summed E-state index contributed by atoms with van der Waals surface area (Å²) in [5.74, 6) is 0.238. The molecule has 3 aromatic heterocycles. The van der Waals surface area contributed by atoms with E-state index in [-0.39, 0.29) is 5.91 Å². The predicted octanol–water partition coefficient (Wildman–Crippen LogP) is 5.32.